The third-order valence-electron chi connectivity index (χ3n) is 8.79. The van der Waals surface area contributed by atoms with Crippen LogP contribution in [0.4, 0.5) is 0 Å². The van der Waals surface area contributed by atoms with Gasteiger partial charge in [0, 0.05) is 41.9 Å². The lowest BCUT2D eigenvalue weighted by Gasteiger charge is -2.59. The van der Waals surface area contributed by atoms with Gasteiger partial charge in [-0.25, -0.2) is 0 Å². The second-order valence-corrected chi connectivity index (χ2v) is 10.6. The van der Waals surface area contributed by atoms with Crippen LogP contribution < -0.4 is 5.32 Å². The zero-order valence-corrected chi connectivity index (χ0v) is 17.7. The van der Waals surface area contributed by atoms with Crippen molar-refractivity contribution in [1.29, 1.82) is 0 Å². The molecule has 4 atom stereocenters. The summed E-state index contributed by atoms with van der Waals surface area (Å²) in [6.07, 6.45) is 14.3. The number of nitrogens with one attached hydrogen (secondary N) is 1. The van der Waals surface area contributed by atoms with Gasteiger partial charge in [0.25, 0.3) is 0 Å². The third kappa shape index (κ3) is 3.50. The number of carbonyl (C=O) groups is 1. The maximum absolute atomic E-state index is 13.2. The molecular weight excluding hydrogens is 380 g/mol. The van der Waals surface area contributed by atoms with E-state index in [4.69, 9.17) is 0 Å². The second kappa shape index (κ2) is 7.57. The Hall–Kier alpha value is -2.05. The van der Waals surface area contributed by atoms with Crippen LogP contribution in [0.5, 0.6) is 0 Å². The number of nitro groups is 1. The van der Waals surface area contributed by atoms with E-state index in [0.717, 1.165) is 29.9 Å². The van der Waals surface area contributed by atoms with E-state index >= 15 is 0 Å². The van der Waals surface area contributed by atoms with Crippen molar-refractivity contribution >= 4 is 5.91 Å². The SMILES string of the molecule is CC(NC(=O)C1CCC(c2cnccn2)CC1[N+](=O)[O-])C12CC3CC(CC(C3)C1)C2. The van der Waals surface area contributed by atoms with Gasteiger partial charge >= 0.3 is 0 Å². The fourth-order valence-corrected chi connectivity index (χ4v) is 7.66. The molecule has 162 valence electrons. The van der Waals surface area contributed by atoms with Crippen LogP contribution in [-0.2, 0) is 4.79 Å². The van der Waals surface area contributed by atoms with Gasteiger partial charge < -0.3 is 5.32 Å². The highest BCUT2D eigenvalue weighted by atomic mass is 16.6. The fourth-order valence-electron chi connectivity index (χ4n) is 7.66. The van der Waals surface area contributed by atoms with E-state index in [-0.39, 0.29) is 28.2 Å². The van der Waals surface area contributed by atoms with E-state index in [2.05, 4.69) is 22.2 Å². The first kappa shape index (κ1) is 19.9. The molecule has 7 nitrogen and oxygen atoms in total. The molecule has 5 saturated carbocycles. The Morgan fingerprint density at radius 2 is 1.80 bits per heavy atom. The summed E-state index contributed by atoms with van der Waals surface area (Å²) in [6.45, 7) is 2.15. The molecule has 1 amide bonds. The number of carbonyl (C=O) groups excluding carboxylic acids is 1. The molecule has 1 N–H and O–H groups in total. The van der Waals surface area contributed by atoms with E-state index < -0.39 is 12.0 Å². The van der Waals surface area contributed by atoms with E-state index in [0.29, 0.717) is 12.8 Å². The molecule has 0 aliphatic heterocycles. The van der Waals surface area contributed by atoms with Crippen molar-refractivity contribution in [1.82, 2.24) is 15.3 Å². The lowest BCUT2D eigenvalue weighted by Crippen LogP contribution is -2.57. The minimum absolute atomic E-state index is 0.00118. The molecule has 7 heteroatoms. The summed E-state index contributed by atoms with van der Waals surface area (Å²) in [5.41, 5.74) is 1.01. The van der Waals surface area contributed by atoms with Crippen molar-refractivity contribution in [2.24, 2.45) is 29.1 Å². The predicted octanol–water partition coefficient (Wildman–Crippen LogP) is 3.73. The molecule has 0 saturated heterocycles. The summed E-state index contributed by atoms with van der Waals surface area (Å²) >= 11 is 0. The average molecular weight is 413 g/mol. The highest BCUT2D eigenvalue weighted by Gasteiger charge is 2.54. The van der Waals surface area contributed by atoms with Gasteiger partial charge in [0.2, 0.25) is 11.9 Å². The minimum Gasteiger partial charge on any atom is -0.353 e. The standard InChI is InChI=1S/C23H32N4O3/c1-14(23-10-15-6-16(11-23)8-17(7-15)12-23)26-22(28)19-3-2-18(9-21(19)27(29)30)20-13-24-4-5-25-20/h4-5,13-19,21H,2-3,6-12H2,1H3,(H,26,28). The Morgan fingerprint density at radius 3 is 2.37 bits per heavy atom. The summed E-state index contributed by atoms with van der Waals surface area (Å²) in [7, 11) is 0. The third-order valence-corrected chi connectivity index (χ3v) is 8.79. The second-order valence-electron chi connectivity index (χ2n) is 10.6. The highest BCUT2D eigenvalue weighted by molar-refractivity contribution is 5.79. The van der Waals surface area contributed by atoms with Gasteiger partial charge in [0.15, 0.2) is 0 Å². The van der Waals surface area contributed by atoms with Gasteiger partial charge in [-0.1, -0.05) is 0 Å². The summed E-state index contributed by atoms with van der Waals surface area (Å²) in [5.74, 6) is 1.80. The molecule has 0 spiro atoms. The Kier molecular flexibility index (Phi) is 5.02. The molecule has 1 aromatic rings. The molecule has 4 unspecified atom stereocenters. The quantitative estimate of drug-likeness (QED) is 0.587. The minimum atomic E-state index is -0.852. The van der Waals surface area contributed by atoms with Gasteiger partial charge in [0.05, 0.1) is 5.69 Å². The summed E-state index contributed by atoms with van der Waals surface area (Å²) < 4.78 is 0. The molecular formula is C23H32N4O3. The Morgan fingerprint density at radius 1 is 1.13 bits per heavy atom. The van der Waals surface area contributed by atoms with Gasteiger partial charge in [-0.05, 0) is 81.5 Å². The van der Waals surface area contributed by atoms with Crippen molar-refractivity contribution in [2.45, 2.75) is 82.7 Å². The lowest BCUT2D eigenvalue weighted by molar-refractivity contribution is -0.533. The van der Waals surface area contributed by atoms with Crippen molar-refractivity contribution in [3.05, 3.63) is 34.4 Å². The topological polar surface area (TPSA) is 98.0 Å². The molecule has 1 aromatic heterocycles. The number of hydrogen-bond donors (Lipinski definition) is 1. The smallest absolute Gasteiger partial charge is 0.230 e. The van der Waals surface area contributed by atoms with Crippen molar-refractivity contribution in [3.63, 3.8) is 0 Å². The number of aromatic nitrogens is 2. The fraction of sp³-hybridized carbons (Fsp3) is 0.783. The maximum atomic E-state index is 13.2. The number of rotatable bonds is 5. The normalized spacial score (nSPS) is 40.7. The van der Waals surface area contributed by atoms with Crippen LogP contribution in [0.1, 0.15) is 76.3 Å². The van der Waals surface area contributed by atoms with Crippen LogP contribution in [0.15, 0.2) is 18.6 Å². The van der Waals surface area contributed by atoms with Crippen molar-refractivity contribution in [3.8, 4) is 0 Å². The molecule has 30 heavy (non-hydrogen) atoms. The summed E-state index contributed by atoms with van der Waals surface area (Å²) in [4.78, 5) is 33.2. The molecule has 4 bridgehead atoms. The molecule has 0 aromatic carbocycles. The molecule has 0 radical (unpaired) electrons. The van der Waals surface area contributed by atoms with Gasteiger partial charge in [-0.3, -0.25) is 24.9 Å². The number of hydrogen-bond acceptors (Lipinski definition) is 5. The number of amides is 1. The van der Waals surface area contributed by atoms with Crippen LogP contribution >= 0.6 is 0 Å². The van der Waals surface area contributed by atoms with Crippen LogP contribution in [0.25, 0.3) is 0 Å². The molecule has 5 fully saturated rings. The van der Waals surface area contributed by atoms with E-state index in [9.17, 15) is 14.9 Å². The zero-order chi connectivity index (χ0) is 20.9. The highest BCUT2D eigenvalue weighted by Crippen LogP contribution is 2.61. The van der Waals surface area contributed by atoms with E-state index in [1.807, 2.05) is 0 Å². The van der Waals surface area contributed by atoms with Gasteiger partial charge in [0.1, 0.15) is 5.92 Å². The summed E-state index contributed by atoms with van der Waals surface area (Å²) in [5, 5.41) is 15.1. The van der Waals surface area contributed by atoms with Crippen molar-refractivity contribution in [2.75, 3.05) is 0 Å². The molecule has 1 heterocycles. The maximum Gasteiger partial charge on any atom is 0.230 e. The van der Waals surface area contributed by atoms with Crippen LogP contribution in [0.3, 0.4) is 0 Å². The van der Waals surface area contributed by atoms with Crippen LogP contribution in [0.2, 0.25) is 0 Å². The first-order valence-corrected chi connectivity index (χ1v) is 11.6. The average Bonchev–Trinajstić information content (AvgIpc) is 2.73. The largest absolute Gasteiger partial charge is 0.353 e. The van der Waals surface area contributed by atoms with Gasteiger partial charge in [-0.2, -0.15) is 0 Å². The molecule has 5 aliphatic carbocycles. The Labute approximate surface area is 177 Å². The van der Waals surface area contributed by atoms with Crippen LogP contribution in [-0.4, -0.2) is 32.9 Å². The molecule has 5 aliphatic rings. The summed E-state index contributed by atoms with van der Waals surface area (Å²) in [6, 6.07) is -0.752. The first-order valence-electron chi connectivity index (χ1n) is 11.6. The van der Waals surface area contributed by atoms with E-state index in [1.165, 1.54) is 38.5 Å². The van der Waals surface area contributed by atoms with E-state index in [1.54, 1.807) is 18.6 Å². The predicted molar refractivity (Wildman–Crippen MR) is 111 cm³/mol. The Balaban J connectivity index is 1.27. The lowest BCUT2D eigenvalue weighted by atomic mass is 9.48. The monoisotopic (exact) mass is 412 g/mol. The molecule has 6 rings (SSSR count). The van der Waals surface area contributed by atoms with Crippen molar-refractivity contribution < 1.29 is 9.72 Å². The Bertz CT molecular complexity index is 779. The number of nitrogens with zero attached hydrogens (tertiary/aromatic N) is 3. The van der Waals surface area contributed by atoms with Gasteiger partial charge in [-0.15, -0.1) is 0 Å². The first-order chi connectivity index (χ1) is 14.4. The zero-order valence-electron chi connectivity index (χ0n) is 17.7. The van der Waals surface area contributed by atoms with Crippen LogP contribution in [0, 0.1) is 39.2 Å².